The summed E-state index contributed by atoms with van der Waals surface area (Å²) in [5, 5.41) is 11.8. The van der Waals surface area contributed by atoms with E-state index in [9.17, 15) is 33.7 Å². The predicted molar refractivity (Wildman–Crippen MR) is 226 cm³/mol. The summed E-state index contributed by atoms with van der Waals surface area (Å²) in [6.45, 7) is 5.72. The smallest absolute Gasteiger partial charge is 0.429 e. The Bertz CT molecular complexity index is 1930. The molecule has 0 aromatic heterocycles. The number of hydroxylamine groups is 2. The topological polar surface area (TPSA) is 262 Å². The highest BCUT2D eigenvalue weighted by molar-refractivity contribution is 6.20. The molecular formula is C43H54N6O14. The minimum Gasteiger partial charge on any atom is -0.429 e. The van der Waals surface area contributed by atoms with Crippen LogP contribution in [0.15, 0.2) is 78.0 Å². The van der Waals surface area contributed by atoms with Crippen molar-refractivity contribution in [3.05, 3.63) is 94.4 Å². The van der Waals surface area contributed by atoms with Crippen LogP contribution in [0.1, 0.15) is 59.4 Å². The van der Waals surface area contributed by atoms with Crippen LogP contribution in [0.2, 0.25) is 0 Å². The van der Waals surface area contributed by atoms with Gasteiger partial charge in [0.15, 0.2) is 0 Å². The second-order valence-corrected chi connectivity index (χ2v) is 14.2. The molecule has 20 heteroatoms. The Hall–Kier alpha value is -6.16. The summed E-state index contributed by atoms with van der Waals surface area (Å²) in [7, 11) is 0. The van der Waals surface area contributed by atoms with Gasteiger partial charge in [0, 0.05) is 12.1 Å². The number of ether oxygens (including phenoxy) is 6. The predicted octanol–water partition coefficient (Wildman–Crippen LogP) is 3.79. The highest BCUT2D eigenvalue weighted by atomic mass is 16.7. The zero-order valence-corrected chi connectivity index (χ0v) is 35.2. The van der Waals surface area contributed by atoms with E-state index in [-0.39, 0.29) is 76.4 Å². The van der Waals surface area contributed by atoms with E-state index >= 15 is 0 Å². The molecule has 2 unspecified atom stereocenters. The molecule has 0 saturated carbocycles. The van der Waals surface area contributed by atoms with Crippen molar-refractivity contribution in [2.75, 3.05) is 71.3 Å². The lowest BCUT2D eigenvalue weighted by Crippen LogP contribution is -2.54. The van der Waals surface area contributed by atoms with Gasteiger partial charge in [-0.15, -0.1) is 9.97 Å². The molecule has 5 amide bonds. The zero-order chi connectivity index (χ0) is 45.4. The fourth-order valence-electron chi connectivity index (χ4n) is 5.79. The van der Waals surface area contributed by atoms with Crippen molar-refractivity contribution in [3.63, 3.8) is 0 Å². The standard InChI is InChI=1S/C43H54N6O14/c1-29(2)38(47-37(50)17-19-57-20-21-58-22-23-59-24-25-60-26-27-62-49-41(53)34-6-3-4-7-35(34)42(49)54)40(52)46-36(8-5-18-44)39(51)45-31-11-9-30(10-12-31)28-61-43(55)63-33-15-13-32(48-56)14-16-33/h3-4,6-7,9-16,29,36,38H,5,8,17-28,44H2,1-2H3,(H,45,51)(H,46,52)(H,47,50). The third-order valence-electron chi connectivity index (χ3n) is 9.11. The number of carbonyl (C=O) groups excluding carboxylic acids is 6. The van der Waals surface area contributed by atoms with Gasteiger partial charge < -0.3 is 50.1 Å². The van der Waals surface area contributed by atoms with Crippen LogP contribution < -0.4 is 26.4 Å². The number of carbonyl (C=O) groups is 6. The van der Waals surface area contributed by atoms with Crippen molar-refractivity contribution < 1.29 is 62.0 Å². The number of hydrogen-bond donors (Lipinski definition) is 4. The largest absolute Gasteiger partial charge is 0.514 e. The van der Waals surface area contributed by atoms with E-state index in [1.165, 1.54) is 24.3 Å². The van der Waals surface area contributed by atoms with E-state index in [1.54, 1.807) is 62.4 Å². The lowest BCUT2D eigenvalue weighted by Gasteiger charge is -2.25. The Morgan fingerprint density at radius 2 is 1.29 bits per heavy atom. The first-order valence-corrected chi connectivity index (χ1v) is 20.4. The number of benzene rings is 3. The van der Waals surface area contributed by atoms with Crippen molar-refractivity contribution in [2.45, 2.75) is 51.8 Å². The number of fused-ring (bicyclic) bond motifs is 1. The van der Waals surface area contributed by atoms with Crippen LogP contribution in [-0.2, 0) is 49.5 Å². The summed E-state index contributed by atoms with van der Waals surface area (Å²) in [4.78, 5) is 91.9. The minimum absolute atomic E-state index is 0.00353. The number of anilines is 1. The van der Waals surface area contributed by atoms with Gasteiger partial charge in [0.05, 0.1) is 70.6 Å². The van der Waals surface area contributed by atoms with E-state index < -0.39 is 47.8 Å². The Labute approximate surface area is 364 Å². The van der Waals surface area contributed by atoms with Crippen molar-refractivity contribution in [2.24, 2.45) is 16.8 Å². The molecule has 340 valence electrons. The maximum atomic E-state index is 13.4. The molecule has 1 aliphatic heterocycles. The van der Waals surface area contributed by atoms with E-state index in [1.807, 2.05) is 0 Å². The molecule has 0 radical (unpaired) electrons. The summed E-state index contributed by atoms with van der Waals surface area (Å²) in [6, 6.07) is 16.8. The van der Waals surface area contributed by atoms with Gasteiger partial charge in [-0.2, -0.15) is 0 Å². The average Bonchev–Trinajstić information content (AvgIpc) is 3.52. The van der Waals surface area contributed by atoms with Gasteiger partial charge in [-0.3, -0.25) is 28.8 Å². The Morgan fingerprint density at radius 3 is 1.84 bits per heavy atom. The molecule has 2 atom stereocenters. The third-order valence-corrected chi connectivity index (χ3v) is 9.11. The highest BCUT2D eigenvalue weighted by Crippen LogP contribution is 2.23. The first kappa shape index (κ1) is 49.5. The van der Waals surface area contributed by atoms with Gasteiger partial charge in [0.2, 0.25) is 17.7 Å². The van der Waals surface area contributed by atoms with Gasteiger partial charge in [-0.1, -0.05) is 38.1 Å². The molecule has 0 bridgehead atoms. The molecule has 5 N–H and O–H groups in total. The SMILES string of the molecule is CC(C)C(NC(=O)CCOCCOCCOCCOCCON1C(=O)c2ccccc2C1=O)C(=O)NC(CCCN)C(=O)Nc1ccc(COC(=O)Oc2ccc(N=O)cc2)cc1. The lowest BCUT2D eigenvalue weighted by molar-refractivity contribution is -0.132. The molecule has 1 heterocycles. The second-order valence-electron chi connectivity index (χ2n) is 14.2. The molecule has 3 aromatic rings. The van der Waals surface area contributed by atoms with E-state index in [2.05, 4.69) is 21.1 Å². The number of nitrogens with one attached hydrogen (secondary N) is 3. The van der Waals surface area contributed by atoms with Crippen molar-refractivity contribution in [3.8, 4) is 5.75 Å². The first-order chi connectivity index (χ1) is 30.5. The van der Waals surface area contributed by atoms with Gasteiger partial charge in [-0.25, -0.2) is 4.79 Å². The number of imide groups is 1. The summed E-state index contributed by atoms with van der Waals surface area (Å²) in [5.74, 6) is -2.52. The molecule has 1 aliphatic rings. The van der Waals surface area contributed by atoms with Gasteiger partial charge in [0.25, 0.3) is 11.8 Å². The van der Waals surface area contributed by atoms with Crippen LogP contribution in [0.5, 0.6) is 5.75 Å². The molecule has 0 aliphatic carbocycles. The Morgan fingerprint density at radius 1 is 0.714 bits per heavy atom. The fourth-order valence-corrected chi connectivity index (χ4v) is 5.79. The van der Waals surface area contributed by atoms with Gasteiger partial charge in [0.1, 0.15) is 30.1 Å². The molecule has 4 rings (SSSR count). The maximum Gasteiger partial charge on any atom is 0.514 e. The number of nitroso groups, excluding NO2 is 1. The first-order valence-electron chi connectivity index (χ1n) is 20.4. The number of hydrogen-bond acceptors (Lipinski definition) is 16. The second kappa shape index (κ2) is 27.0. The molecule has 0 fully saturated rings. The van der Waals surface area contributed by atoms with Crippen molar-refractivity contribution in [1.82, 2.24) is 15.7 Å². The molecule has 20 nitrogen and oxygen atoms in total. The molecule has 3 aromatic carbocycles. The summed E-state index contributed by atoms with van der Waals surface area (Å²) < 4.78 is 32.1. The molecule has 0 saturated heterocycles. The van der Waals surface area contributed by atoms with Crippen LogP contribution >= 0.6 is 0 Å². The quantitative estimate of drug-likeness (QED) is 0.0254. The van der Waals surface area contributed by atoms with E-state index in [0.29, 0.717) is 55.2 Å². The lowest BCUT2D eigenvalue weighted by atomic mass is 10.0. The van der Waals surface area contributed by atoms with E-state index in [4.69, 9.17) is 39.0 Å². The molecule has 0 spiro atoms. The highest BCUT2D eigenvalue weighted by Gasteiger charge is 2.36. The number of amides is 5. The Kier molecular flexibility index (Phi) is 21.2. The number of rotatable bonds is 29. The van der Waals surface area contributed by atoms with Crippen LogP contribution in [0.3, 0.4) is 0 Å². The summed E-state index contributed by atoms with van der Waals surface area (Å²) in [5.41, 5.74) is 7.55. The molecule has 63 heavy (non-hydrogen) atoms. The van der Waals surface area contributed by atoms with E-state index in [0.717, 1.165) is 5.06 Å². The Balaban J connectivity index is 1.04. The van der Waals surface area contributed by atoms with Crippen LogP contribution in [0.4, 0.5) is 16.2 Å². The average molecular weight is 879 g/mol. The number of nitrogens with zero attached hydrogens (tertiary/aromatic N) is 2. The summed E-state index contributed by atoms with van der Waals surface area (Å²) >= 11 is 0. The third kappa shape index (κ3) is 16.9. The monoisotopic (exact) mass is 878 g/mol. The van der Waals surface area contributed by atoms with Crippen LogP contribution in [-0.4, -0.2) is 119 Å². The normalized spacial score (nSPS) is 13.0. The van der Waals surface area contributed by atoms with Crippen molar-refractivity contribution >= 4 is 47.1 Å². The van der Waals surface area contributed by atoms with Gasteiger partial charge in [-0.05, 0) is 84.6 Å². The van der Waals surface area contributed by atoms with Crippen LogP contribution in [0, 0.1) is 10.8 Å². The van der Waals surface area contributed by atoms with Crippen LogP contribution in [0.25, 0.3) is 0 Å². The summed E-state index contributed by atoms with van der Waals surface area (Å²) in [6.07, 6.45) is -0.243. The zero-order valence-electron chi connectivity index (χ0n) is 35.2. The molecular weight excluding hydrogens is 825 g/mol. The fraction of sp³-hybridized carbons (Fsp3) is 0.442. The minimum atomic E-state index is -0.948. The van der Waals surface area contributed by atoms with Crippen molar-refractivity contribution in [1.29, 1.82) is 0 Å². The maximum absolute atomic E-state index is 13.4. The van der Waals surface area contributed by atoms with Gasteiger partial charge >= 0.3 is 6.16 Å². The number of nitrogens with two attached hydrogens (primary N) is 1.